The summed E-state index contributed by atoms with van der Waals surface area (Å²) >= 11 is 0. The van der Waals surface area contributed by atoms with E-state index in [0.29, 0.717) is 11.3 Å². The van der Waals surface area contributed by atoms with Crippen LogP contribution < -0.4 is 11.1 Å². The first kappa shape index (κ1) is 13.0. The number of anilines is 1. The van der Waals surface area contributed by atoms with Crippen LogP contribution in [0.3, 0.4) is 0 Å². The summed E-state index contributed by atoms with van der Waals surface area (Å²) in [6, 6.07) is 4.17. The Hall–Kier alpha value is -2.11. The molecule has 0 heterocycles. The molecule has 0 spiro atoms. The average Bonchev–Trinajstić information content (AvgIpc) is 2.25. The third kappa shape index (κ3) is 3.44. The van der Waals surface area contributed by atoms with Gasteiger partial charge in [-0.05, 0) is 37.6 Å². The number of amides is 1. The van der Waals surface area contributed by atoms with Crippen molar-refractivity contribution in [2.45, 2.75) is 13.8 Å². The van der Waals surface area contributed by atoms with E-state index in [0.717, 1.165) is 0 Å². The lowest BCUT2D eigenvalue weighted by atomic mass is 10.1. The zero-order valence-corrected chi connectivity index (χ0v) is 9.57. The first-order chi connectivity index (χ1) is 7.93. The molecule has 0 bridgehead atoms. The van der Waals surface area contributed by atoms with Gasteiger partial charge in [-0.25, -0.2) is 4.39 Å². The number of nitrogens with two attached hydrogens (primary N) is 1. The van der Waals surface area contributed by atoms with E-state index in [1.165, 1.54) is 19.1 Å². The van der Waals surface area contributed by atoms with Crippen LogP contribution in [0.25, 0.3) is 0 Å². The molecule has 92 valence electrons. The maximum atomic E-state index is 13.1. The van der Waals surface area contributed by atoms with Gasteiger partial charge in [-0.3, -0.25) is 4.79 Å². The molecule has 0 aliphatic heterocycles. The minimum Gasteiger partial charge on any atom is -0.409 e. The van der Waals surface area contributed by atoms with Gasteiger partial charge in [-0.1, -0.05) is 5.16 Å². The summed E-state index contributed by atoms with van der Waals surface area (Å²) in [5.41, 5.74) is 6.33. The van der Waals surface area contributed by atoms with E-state index in [-0.39, 0.29) is 5.84 Å². The first-order valence-electron chi connectivity index (χ1n) is 4.99. The molecule has 0 aromatic heterocycles. The highest BCUT2D eigenvalue weighted by molar-refractivity contribution is 6.07. The molecule has 17 heavy (non-hydrogen) atoms. The fraction of sp³-hybridized carbons (Fsp3) is 0.273. The van der Waals surface area contributed by atoms with E-state index in [2.05, 4.69) is 10.5 Å². The molecule has 1 aromatic carbocycles. The standard InChI is InChI=1S/C11H14FN3O2/c1-6-3-8(12)5-9(4-6)14-11(16)7(2)10(13)15-17/h3-5,7,17H,1-2H3,(H2,13,15)(H,14,16). The Morgan fingerprint density at radius 1 is 1.53 bits per heavy atom. The van der Waals surface area contributed by atoms with Gasteiger partial charge in [0.05, 0.1) is 5.92 Å². The Morgan fingerprint density at radius 2 is 2.18 bits per heavy atom. The number of halogens is 1. The molecule has 0 aliphatic rings. The van der Waals surface area contributed by atoms with Gasteiger partial charge in [-0.2, -0.15) is 0 Å². The average molecular weight is 239 g/mol. The molecule has 5 nitrogen and oxygen atoms in total. The number of hydrogen-bond donors (Lipinski definition) is 3. The molecule has 0 fully saturated rings. The van der Waals surface area contributed by atoms with Gasteiger partial charge in [0.2, 0.25) is 5.91 Å². The maximum absolute atomic E-state index is 13.1. The summed E-state index contributed by atoms with van der Waals surface area (Å²) in [4.78, 5) is 11.6. The van der Waals surface area contributed by atoms with E-state index in [1.54, 1.807) is 13.0 Å². The van der Waals surface area contributed by atoms with Crippen LogP contribution in [0.5, 0.6) is 0 Å². The monoisotopic (exact) mass is 239 g/mol. The number of amidine groups is 1. The van der Waals surface area contributed by atoms with E-state index in [1.807, 2.05) is 0 Å². The van der Waals surface area contributed by atoms with Crippen molar-refractivity contribution in [3.8, 4) is 0 Å². The fourth-order valence-corrected chi connectivity index (χ4v) is 1.28. The van der Waals surface area contributed by atoms with Crippen LogP contribution in [0, 0.1) is 18.7 Å². The van der Waals surface area contributed by atoms with Crippen molar-refractivity contribution in [2.75, 3.05) is 5.32 Å². The van der Waals surface area contributed by atoms with Crippen molar-refractivity contribution in [1.29, 1.82) is 0 Å². The van der Waals surface area contributed by atoms with Gasteiger partial charge in [-0.15, -0.1) is 0 Å². The summed E-state index contributed by atoms with van der Waals surface area (Å²) in [5, 5.41) is 13.7. The molecule has 1 atom stereocenters. The second-order valence-corrected chi connectivity index (χ2v) is 3.75. The predicted octanol–water partition coefficient (Wildman–Crippen LogP) is 1.46. The molecule has 0 aliphatic carbocycles. The number of carbonyl (C=O) groups is 1. The second-order valence-electron chi connectivity index (χ2n) is 3.75. The number of benzene rings is 1. The molecule has 0 saturated carbocycles. The van der Waals surface area contributed by atoms with Gasteiger partial charge in [0.15, 0.2) is 5.84 Å². The summed E-state index contributed by atoms with van der Waals surface area (Å²) in [5.74, 6) is -1.89. The predicted molar refractivity (Wildman–Crippen MR) is 62.3 cm³/mol. The summed E-state index contributed by atoms with van der Waals surface area (Å²) in [7, 11) is 0. The van der Waals surface area contributed by atoms with E-state index in [4.69, 9.17) is 10.9 Å². The summed E-state index contributed by atoms with van der Waals surface area (Å²) < 4.78 is 13.1. The number of oxime groups is 1. The number of nitrogens with one attached hydrogen (secondary N) is 1. The van der Waals surface area contributed by atoms with Crippen molar-refractivity contribution >= 4 is 17.4 Å². The Morgan fingerprint density at radius 3 is 2.71 bits per heavy atom. The first-order valence-corrected chi connectivity index (χ1v) is 4.99. The van der Waals surface area contributed by atoms with Crippen molar-refractivity contribution in [3.05, 3.63) is 29.6 Å². The second kappa shape index (κ2) is 5.29. The Labute approximate surface area is 98.1 Å². The zero-order valence-electron chi connectivity index (χ0n) is 9.57. The highest BCUT2D eigenvalue weighted by Crippen LogP contribution is 2.14. The summed E-state index contributed by atoms with van der Waals surface area (Å²) in [6.45, 7) is 3.20. The van der Waals surface area contributed by atoms with Crippen molar-refractivity contribution in [3.63, 3.8) is 0 Å². The van der Waals surface area contributed by atoms with Gasteiger partial charge in [0, 0.05) is 5.69 Å². The lowest BCUT2D eigenvalue weighted by Gasteiger charge is -2.11. The minimum atomic E-state index is -0.788. The molecule has 4 N–H and O–H groups in total. The van der Waals surface area contributed by atoms with Crippen LogP contribution in [0.1, 0.15) is 12.5 Å². The van der Waals surface area contributed by atoms with Gasteiger partial charge in [0.25, 0.3) is 0 Å². The van der Waals surface area contributed by atoms with Crippen molar-refractivity contribution < 1.29 is 14.4 Å². The van der Waals surface area contributed by atoms with Crippen molar-refractivity contribution in [2.24, 2.45) is 16.8 Å². The van der Waals surface area contributed by atoms with Gasteiger partial charge < -0.3 is 16.3 Å². The maximum Gasteiger partial charge on any atom is 0.234 e. The largest absolute Gasteiger partial charge is 0.409 e. The molecular formula is C11H14FN3O2. The fourth-order valence-electron chi connectivity index (χ4n) is 1.28. The Balaban J connectivity index is 2.81. The van der Waals surface area contributed by atoms with Gasteiger partial charge in [0.1, 0.15) is 5.82 Å². The van der Waals surface area contributed by atoms with E-state index < -0.39 is 17.6 Å². The lowest BCUT2D eigenvalue weighted by Crippen LogP contribution is -2.32. The van der Waals surface area contributed by atoms with Crippen LogP contribution >= 0.6 is 0 Å². The third-order valence-electron chi connectivity index (χ3n) is 2.26. The van der Waals surface area contributed by atoms with Crippen LogP contribution in [0.15, 0.2) is 23.4 Å². The highest BCUT2D eigenvalue weighted by Gasteiger charge is 2.17. The van der Waals surface area contributed by atoms with Crippen LogP contribution in [-0.2, 0) is 4.79 Å². The molecular weight excluding hydrogens is 225 g/mol. The summed E-state index contributed by atoms with van der Waals surface area (Å²) in [6.07, 6.45) is 0. The number of hydrogen-bond acceptors (Lipinski definition) is 3. The van der Waals surface area contributed by atoms with Crippen LogP contribution in [0.2, 0.25) is 0 Å². The van der Waals surface area contributed by atoms with Crippen LogP contribution in [0.4, 0.5) is 10.1 Å². The number of aryl methyl sites for hydroxylation is 1. The number of carbonyl (C=O) groups excluding carboxylic acids is 1. The highest BCUT2D eigenvalue weighted by atomic mass is 19.1. The van der Waals surface area contributed by atoms with E-state index >= 15 is 0 Å². The molecule has 6 heteroatoms. The lowest BCUT2D eigenvalue weighted by molar-refractivity contribution is -0.117. The Kier molecular flexibility index (Phi) is 4.03. The number of nitrogens with zero attached hydrogens (tertiary/aromatic N) is 1. The topological polar surface area (TPSA) is 87.7 Å². The Bertz CT molecular complexity index is 440. The van der Waals surface area contributed by atoms with Crippen LogP contribution in [-0.4, -0.2) is 17.0 Å². The van der Waals surface area contributed by atoms with E-state index in [9.17, 15) is 9.18 Å². The molecule has 0 radical (unpaired) electrons. The molecule has 1 aromatic rings. The SMILES string of the molecule is Cc1cc(F)cc(NC(=O)C(C)C(N)=NO)c1. The molecule has 1 rings (SSSR count). The molecule has 1 unspecified atom stereocenters. The minimum absolute atomic E-state index is 0.198. The van der Waals surface area contributed by atoms with Gasteiger partial charge >= 0.3 is 0 Å². The third-order valence-corrected chi connectivity index (χ3v) is 2.26. The quantitative estimate of drug-likeness (QED) is 0.323. The molecule has 0 saturated heterocycles. The zero-order chi connectivity index (χ0) is 13.0. The van der Waals surface area contributed by atoms with Crippen molar-refractivity contribution in [1.82, 2.24) is 0 Å². The smallest absolute Gasteiger partial charge is 0.234 e. The molecule has 1 amide bonds. The number of rotatable bonds is 3. The normalized spacial score (nSPS) is 13.2.